The van der Waals surface area contributed by atoms with Gasteiger partial charge in [-0.2, -0.15) is 0 Å². The molecule has 0 saturated heterocycles. The monoisotopic (exact) mass is 263 g/mol. The molecule has 2 N–H and O–H groups in total. The summed E-state index contributed by atoms with van der Waals surface area (Å²) in [5.41, 5.74) is 5.55. The van der Waals surface area contributed by atoms with E-state index in [9.17, 15) is 0 Å². The van der Waals surface area contributed by atoms with Crippen LogP contribution in [-0.2, 0) is 0 Å². The van der Waals surface area contributed by atoms with Crippen molar-refractivity contribution in [1.82, 2.24) is 0 Å². The van der Waals surface area contributed by atoms with Gasteiger partial charge < -0.3 is 10.5 Å². The molecule has 1 atom stereocenters. The van der Waals surface area contributed by atoms with Crippen LogP contribution in [0, 0.1) is 0 Å². The van der Waals surface area contributed by atoms with Crippen LogP contribution in [-0.4, -0.2) is 12.6 Å². The number of nitrogens with two attached hydrogens (primary N) is 1. The average molecular weight is 265 g/mol. The van der Waals surface area contributed by atoms with Crippen LogP contribution in [0.3, 0.4) is 0 Å². The first-order valence-corrected chi connectivity index (χ1v) is 5.10. The van der Waals surface area contributed by atoms with Crippen molar-refractivity contribution in [2.45, 2.75) is 13.0 Å². The van der Waals surface area contributed by atoms with Crippen molar-refractivity contribution in [3.63, 3.8) is 0 Å². The van der Waals surface area contributed by atoms with Crippen LogP contribution in [0.1, 0.15) is 6.92 Å². The van der Waals surface area contributed by atoms with E-state index in [4.69, 9.17) is 22.1 Å². The molecule has 0 spiro atoms. The number of rotatable bonds is 3. The molecule has 0 fully saturated rings. The lowest BCUT2D eigenvalue weighted by molar-refractivity contribution is 0.294. The zero-order valence-corrected chi connectivity index (χ0v) is 9.60. The van der Waals surface area contributed by atoms with Crippen molar-refractivity contribution in [1.29, 1.82) is 0 Å². The largest absolute Gasteiger partial charge is 0.491 e. The van der Waals surface area contributed by atoms with Crippen molar-refractivity contribution in [2.75, 3.05) is 6.61 Å². The third-order valence-electron chi connectivity index (χ3n) is 1.40. The Bertz CT molecular complexity index is 291. The second-order valence-electron chi connectivity index (χ2n) is 2.86. The molecule has 2 nitrogen and oxygen atoms in total. The maximum absolute atomic E-state index is 5.77. The normalized spacial score (nSPS) is 12.6. The summed E-state index contributed by atoms with van der Waals surface area (Å²) in [5.74, 6) is 0.765. The molecule has 0 aliphatic heterocycles. The zero-order valence-electron chi connectivity index (χ0n) is 7.26. The molecule has 1 aromatic rings. The summed E-state index contributed by atoms with van der Waals surface area (Å²) in [6.07, 6.45) is 0. The molecule has 0 heterocycles. The van der Waals surface area contributed by atoms with Gasteiger partial charge in [0, 0.05) is 11.1 Å². The van der Waals surface area contributed by atoms with Crippen LogP contribution < -0.4 is 10.5 Å². The Morgan fingerprint density at radius 1 is 1.62 bits per heavy atom. The summed E-state index contributed by atoms with van der Waals surface area (Å²) in [7, 11) is 0. The molecule has 0 aromatic heterocycles. The summed E-state index contributed by atoms with van der Waals surface area (Å²) in [6, 6.07) is 5.41. The second-order valence-corrected chi connectivity index (χ2v) is 4.15. The van der Waals surface area contributed by atoms with E-state index in [2.05, 4.69) is 15.9 Å². The minimum atomic E-state index is 0.0302. The van der Waals surface area contributed by atoms with Gasteiger partial charge in [-0.15, -0.1) is 0 Å². The SMILES string of the molecule is CC(N)COc1ccc(Cl)cc1Br. The standard InChI is InChI=1S/C9H11BrClNO/c1-6(12)5-13-9-3-2-7(11)4-8(9)10/h2-4,6H,5,12H2,1H3. The molecule has 4 heteroatoms. The van der Waals surface area contributed by atoms with Gasteiger partial charge in [0.25, 0.3) is 0 Å². The van der Waals surface area contributed by atoms with Gasteiger partial charge in [-0.25, -0.2) is 0 Å². The van der Waals surface area contributed by atoms with Crippen LogP contribution in [0.15, 0.2) is 22.7 Å². The molecule has 1 rings (SSSR count). The summed E-state index contributed by atoms with van der Waals surface area (Å²) in [5, 5.41) is 0.681. The van der Waals surface area contributed by atoms with Crippen LogP contribution >= 0.6 is 27.5 Å². The number of hydrogen-bond donors (Lipinski definition) is 1. The summed E-state index contributed by atoms with van der Waals surface area (Å²) in [4.78, 5) is 0. The molecule has 0 amide bonds. The lowest BCUT2D eigenvalue weighted by Gasteiger charge is -2.10. The molecular formula is C9H11BrClNO. The first-order valence-electron chi connectivity index (χ1n) is 3.93. The summed E-state index contributed by atoms with van der Waals surface area (Å²) < 4.78 is 6.27. The van der Waals surface area contributed by atoms with Gasteiger partial charge in [-0.3, -0.25) is 0 Å². The van der Waals surface area contributed by atoms with E-state index in [1.807, 2.05) is 13.0 Å². The Balaban J connectivity index is 2.67. The van der Waals surface area contributed by atoms with E-state index in [0.717, 1.165) is 10.2 Å². The number of ether oxygens (including phenoxy) is 1. The molecule has 0 bridgehead atoms. The average Bonchev–Trinajstić information content (AvgIpc) is 2.02. The van der Waals surface area contributed by atoms with Crippen molar-refractivity contribution in [3.8, 4) is 5.75 Å². The van der Waals surface area contributed by atoms with Crippen molar-refractivity contribution < 1.29 is 4.74 Å². The molecule has 0 radical (unpaired) electrons. The van der Waals surface area contributed by atoms with Gasteiger partial charge in [0.2, 0.25) is 0 Å². The third kappa shape index (κ3) is 3.55. The molecule has 0 saturated carbocycles. The van der Waals surface area contributed by atoms with Gasteiger partial charge in [-0.1, -0.05) is 11.6 Å². The maximum Gasteiger partial charge on any atom is 0.133 e. The van der Waals surface area contributed by atoms with Crippen molar-refractivity contribution in [3.05, 3.63) is 27.7 Å². The fourth-order valence-corrected chi connectivity index (χ4v) is 1.61. The fraction of sp³-hybridized carbons (Fsp3) is 0.333. The highest BCUT2D eigenvalue weighted by atomic mass is 79.9. The highest BCUT2D eigenvalue weighted by molar-refractivity contribution is 9.10. The fourth-order valence-electron chi connectivity index (χ4n) is 0.813. The smallest absolute Gasteiger partial charge is 0.133 e. The van der Waals surface area contributed by atoms with Crippen LogP contribution in [0.2, 0.25) is 5.02 Å². The lowest BCUT2D eigenvalue weighted by Crippen LogP contribution is -2.23. The van der Waals surface area contributed by atoms with Crippen LogP contribution in [0.25, 0.3) is 0 Å². The minimum absolute atomic E-state index is 0.0302. The Hall–Kier alpha value is -0.250. The zero-order chi connectivity index (χ0) is 9.84. The maximum atomic E-state index is 5.77. The van der Waals surface area contributed by atoms with Crippen molar-refractivity contribution >= 4 is 27.5 Å². The van der Waals surface area contributed by atoms with Gasteiger partial charge in [0.1, 0.15) is 12.4 Å². The summed E-state index contributed by atoms with van der Waals surface area (Å²) >= 11 is 9.12. The molecule has 13 heavy (non-hydrogen) atoms. The number of benzene rings is 1. The summed E-state index contributed by atoms with van der Waals surface area (Å²) in [6.45, 7) is 2.39. The predicted molar refractivity (Wildman–Crippen MR) is 58.3 cm³/mol. The van der Waals surface area contributed by atoms with Gasteiger partial charge in [0.15, 0.2) is 0 Å². The highest BCUT2D eigenvalue weighted by Crippen LogP contribution is 2.27. The topological polar surface area (TPSA) is 35.2 Å². The molecule has 0 aliphatic rings. The molecule has 0 aliphatic carbocycles. The molecule has 1 aromatic carbocycles. The number of hydrogen-bond acceptors (Lipinski definition) is 2. The molecule has 72 valence electrons. The predicted octanol–water partition coefficient (Wildman–Crippen LogP) is 2.83. The first-order chi connectivity index (χ1) is 6.09. The van der Waals surface area contributed by atoms with Crippen molar-refractivity contribution in [2.24, 2.45) is 5.73 Å². The van der Waals surface area contributed by atoms with Gasteiger partial charge in [0.05, 0.1) is 4.47 Å². The minimum Gasteiger partial charge on any atom is -0.491 e. The van der Waals surface area contributed by atoms with E-state index < -0.39 is 0 Å². The van der Waals surface area contributed by atoms with Gasteiger partial charge >= 0.3 is 0 Å². The third-order valence-corrected chi connectivity index (χ3v) is 2.25. The first kappa shape index (κ1) is 10.8. The van der Waals surface area contributed by atoms with E-state index in [1.54, 1.807) is 12.1 Å². The molecule has 1 unspecified atom stereocenters. The quantitative estimate of drug-likeness (QED) is 0.911. The van der Waals surface area contributed by atoms with E-state index in [0.29, 0.717) is 11.6 Å². The van der Waals surface area contributed by atoms with Crippen LogP contribution in [0.5, 0.6) is 5.75 Å². The lowest BCUT2D eigenvalue weighted by atomic mass is 10.3. The Labute approximate surface area is 91.2 Å². The van der Waals surface area contributed by atoms with Gasteiger partial charge in [-0.05, 0) is 41.1 Å². The van der Waals surface area contributed by atoms with E-state index >= 15 is 0 Å². The second kappa shape index (κ2) is 4.84. The number of halogens is 2. The highest BCUT2D eigenvalue weighted by Gasteiger charge is 2.02. The Kier molecular flexibility index (Phi) is 4.03. The van der Waals surface area contributed by atoms with Crippen LogP contribution in [0.4, 0.5) is 0 Å². The Morgan fingerprint density at radius 2 is 2.31 bits per heavy atom. The molecular weight excluding hydrogens is 253 g/mol. The Morgan fingerprint density at radius 3 is 2.85 bits per heavy atom. The van der Waals surface area contributed by atoms with E-state index in [-0.39, 0.29) is 6.04 Å². The van der Waals surface area contributed by atoms with E-state index in [1.165, 1.54) is 0 Å².